The molecule has 0 aromatic carbocycles. The van der Waals surface area contributed by atoms with Crippen LogP contribution in [-0.2, 0) is 9.99 Å². The predicted octanol–water partition coefficient (Wildman–Crippen LogP) is -0.394. The van der Waals surface area contributed by atoms with Crippen molar-refractivity contribution in [3.63, 3.8) is 0 Å². The quantitative estimate of drug-likeness (QED) is 0.366. The minimum atomic E-state index is -3.17. The first-order valence-electron chi connectivity index (χ1n) is 1.56. The van der Waals surface area contributed by atoms with E-state index in [4.69, 9.17) is 4.55 Å². The third-order valence-corrected chi connectivity index (χ3v) is 0.874. The second kappa shape index (κ2) is 2.11. The van der Waals surface area contributed by atoms with E-state index in [1.807, 2.05) is 0 Å². The van der Waals surface area contributed by atoms with Gasteiger partial charge in [0.1, 0.15) is 9.99 Å². The standard InChI is InChI=1S/C3H7NO2S/c1-2-3-7(4,5)6/h2-3H,1H2,(H3,4,5,6). The Labute approximate surface area is 42.8 Å². The minimum Gasteiger partial charge on any atom is -0.302 e. The van der Waals surface area contributed by atoms with Crippen LogP contribution in [0.5, 0.6) is 0 Å². The Bertz CT molecular complexity index is 158. The Morgan fingerprint density at radius 3 is 2.29 bits per heavy atom. The van der Waals surface area contributed by atoms with E-state index in [1.165, 1.54) is 6.08 Å². The van der Waals surface area contributed by atoms with E-state index < -0.39 is 9.99 Å². The largest absolute Gasteiger partial charge is 0.302 e. The Balaban J connectivity index is 4.32. The molecule has 0 amide bonds. The van der Waals surface area contributed by atoms with Gasteiger partial charge in [-0.15, -0.1) is 0 Å². The van der Waals surface area contributed by atoms with Gasteiger partial charge in [0.2, 0.25) is 0 Å². The van der Waals surface area contributed by atoms with Crippen molar-refractivity contribution < 1.29 is 8.76 Å². The van der Waals surface area contributed by atoms with Crippen LogP contribution in [0.1, 0.15) is 0 Å². The zero-order chi connectivity index (χ0) is 5.91. The highest BCUT2D eigenvalue weighted by atomic mass is 32.2. The van der Waals surface area contributed by atoms with E-state index in [0.29, 0.717) is 0 Å². The molecule has 1 unspecified atom stereocenters. The maximum atomic E-state index is 9.99. The number of rotatable bonds is 1. The number of allylic oxidation sites excluding steroid dienone is 1. The molecular formula is C3H7NO2S. The maximum Gasteiger partial charge on any atom is 0.142 e. The molecule has 0 aromatic rings. The van der Waals surface area contributed by atoms with E-state index in [1.54, 1.807) is 0 Å². The summed E-state index contributed by atoms with van der Waals surface area (Å²) in [4.78, 5) is 0. The number of nitrogens with two attached hydrogens (primary N) is 1. The van der Waals surface area contributed by atoms with Gasteiger partial charge in [-0.05, 0) is 0 Å². The van der Waals surface area contributed by atoms with Crippen LogP contribution >= 0.6 is 0 Å². The minimum absolute atomic E-state index is 0.938. The van der Waals surface area contributed by atoms with Gasteiger partial charge in [0.15, 0.2) is 0 Å². The lowest BCUT2D eigenvalue weighted by Gasteiger charge is -1.85. The van der Waals surface area contributed by atoms with E-state index in [2.05, 4.69) is 11.7 Å². The van der Waals surface area contributed by atoms with Gasteiger partial charge >= 0.3 is 0 Å². The molecule has 0 fully saturated rings. The van der Waals surface area contributed by atoms with Crippen LogP contribution in [0.4, 0.5) is 0 Å². The molecule has 0 saturated carbocycles. The fraction of sp³-hybridized carbons (Fsp3) is 0. The van der Waals surface area contributed by atoms with Gasteiger partial charge in [0.25, 0.3) is 0 Å². The van der Waals surface area contributed by atoms with Crippen molar-refractivity contribution in [3.05, 3.63) is 12.7 Å². The summed E-state index contributed by atoms with van der Waals surface area (Å²) in [5, 5.41) is 5.54. The molecule has 3 N–H and O–H groups in total. The molecule has 0 saturated heterocycles. The van der Waals surface area contributed by atoms with Gasteiger partial charge in [-0.3, -0.25) is 0 Å². The molecule has 0 heterocycles. The second-order valence-corrected chi connectivity index (χ2v) is 2.49. The van der Waals surface area contributed by atoms with Crippen LogP contribution in [-0.4, -0.2) is 14.1 Å². The summed E-state index contributed by atoms with van der Waals surface area (Å²) >= 11 is 0. The predicted molar refractivity (Wildman–Crippen MR) is 31.2 cm³/mol. The summed E-state index contributed by atoms with van der Waals surface area (Å²) in [6.07, 6.45) is 1.18. The Hall–Kier alpha value is -0.320. The number of hydrogen-bond donors (Lipinski definition) is 2. The highest BCUT2D eigenvalue weighted by Crippen LogP contribution is 1.64. The maximum absolute atomic E-state index is 9.99. The summed E-state index contributed by atoms with van der Waals surface area (Å²) in [6, 6.07) is 0. The molecular weight excluding hydrogens is 114 g/mol. The van der Waals surface area contributed by atoms with Gasteiger partial charge in [0, 0.05) is 5.37 Å². The van der Waals surface area contributed by atoms with Gasteiger partial charge < -0.3 is 4.55 Å². The Morgan fingerprint density at radius 1 is 1.86 bits per heavy atom. The molecule has 0 aliphatic carbocycles. The zero-order valence-corrected chi connectivity index (χ0v) is 4.52. The Kier molecular flexibility index (Phi) is 2.01. The molecule has 42 valence electrons. The smallest absolute Gasteiger partial charge is 0.142 e. The van der Waals surface area contributed by atoms with Crippen molar-refractivity contribution in [2.75, 3.05) is 0 Å². The first-order chi connectivity index (χ1) is 3.06. The van der Waals surface area contributed by atoms with Crippen molar-refractivity contribution >= 4 is 15.4 Å². The number of hydrogen-bond acceptors (Lipinski definition) is 1. The first-order valence-corrected chi connectivity index (χ1v) is 3.20. The average Bonchev–Trinajstić information content (AvgIpc) is 1.30. The van der Waals surface area contributed by atoms with Crippen molar-refractivity contribution in [2.45, 2.75) is 0 Å². The summed E-state index contributed by atoms with van der Waals surface area (Å²) < 4.78 is 18.2. The van der Waals surface area contributed by atoms with Crippen molar-refractivity contribution in [1.82, 2.24) is 0 Å². The van der Waals surface area contributed by atoms with Gasteiger partial charge in [-0.2, -0.15) is 0 Å². The van der Waals surface area contributed by atoms with Gasteiger partial charge in [-0.25, -0.2) is 9.35 Å². The third kappa shape index (κ3) is 5.68. The normalized spacial score (nSPS) is 17.4. The molecule has 7 heavy (non-hydrogen) atoms. The summed E-state index contributed by atoms with van der Waals surface area (Å²) in [7, 11) is -3.17. The van der Waals surface area contributed by atoms with Crippen LogP contribution in [0.15, 0.2) is 12.7 Å². The van der Waals surface area contributed by atoms with Crippen molar-refractivity contribution in [3.8, 4) is 0 Å². The lowest BCUT2D eigenvalue weighted by molar-refractivity contribution is 0.561. The average molecular weight is 121 g/mol. The third-order valence-electron chi connectivity index (χ3n) is 0.291. The fourth-order valence-electron chi connectivity index (χ4n) is 0.138. The van der Waals surface area contributed by atoms with Crippen LogP contribution in [0.25, 0.3) is 0 Å². The van der Waals surface area contributed by atoms with Crippen LogP contribution in [0.2, 0.25) is 0 Å². The van der Waals surface area contributed by atoms with Crippen LogP contribution in [0.3, 0.4) is 0 Å². The Morgan fingerprint density at radius 2 is 2.29 bits per heavy atom. The molecule has 0 aromatic heterocycles. The molecule has 0 bridgehead atoms. The molecule has 1 atom stereocenters. The molecule has 0 aliphatic heterocycles. The van der Waals surface area contributed by atoms with E-state index >= 15 is 0 Å². The van der Waals surface area contributed by atoms with Crippen molar-refractivity contribution in [2.24, 2.45) is 5.14 Å². The SMILES string of the molecule is C=CC=S(N)(=O)O. The zero-order valence-electron chi connectivity index (χ0n) is 3.70. The summed E-state index contributed by atoms with van der Waals surface area (Å²) in [5.41, 5.74) is 0. The summed E-state index contributed by atoms with van der Waals surface area (Å²) in [6.45, 7) is 3.17. The van der Waals surface area contributed by atoms with Crippen molar-refractivity contribution in [1.29, 1.82) is 0 Å². The van der Waals surface area contributed by atoms with Gasteiger partial charge in [-0.1, -0.05) is 12.7 Å². The van der Waals surface area contributed by atoms with E-state index in [0.717, 1.165) is 5.37 Å². The second-order valence-electron chi connectivity index (χ2n) is 0.986. The fourth-order valence-corrected chi connectivity index (χ4v) is 0.414. The molecule has 4 heteroatoms. The lowest BCUT2D eigenvalue weighted by atomic mass is 10.8. The molecule has 0 radical (unpaired) electrons. The molecule has 0 rings (SSSR count). The van der Waals surface area contributed by atoms with E-state index in [9.17, 15) is 4.21 Å². The highest BCUT2D eigenvalue weighted by molar-refractivity contribution is 7.94. The highest BCUT2D eigenvalue weighted by Gasteiger charge is 1.80. The van der Waals surface area contributed by atoms with Gasteiger partial charge in [0.05, 0.1) is 0 Å². The van der Waals surface area contributed by atoms with E-state index in [-0.39, 0.29) is 0 Å². The van der Waals surface area contributed by atoms with Crippen LogP contribution < -0.4 is 5.14 Å². The molecule has 0 spiro atoms. The topological polar surface area (TPSA) is 63.3 Å². The molecule has 0 aliphatic rings. The lowest BCUT2D eigenvalue weighted by Crippen LogP contribution is -2.11. The first kappa shape index (κ1) is 6.68. The monoisotopic (exact) mass is 121 g/mol. The van der Waals surface area contributed by atoms with Crippen LogP contribution in [0, 0.1) is 0 Å². The molecule has 3 nitrogen and oxygen atoms in total. The summed E-state index contributed by atoms with van der Waals surface area (Å²) in [5.74, 6) is 0.